The summed E-state index contributed by atoms with van der Waals surface area (Å²) in [5.41, 5.74) is 1.09. The first kappa shape index (κ1) is 19.8. The van der Waals surface area contributed by atoms with E-state index >= 15 is 0 Å². The topological polar surface area (TPSA) is 40.6 Å². The van der Waals surface area contributed by atoms with Gasteiger partial charge < -0.3 is 4.90 Å². The van der Waals surface area contributed by atoms with Crippen molar-refractivity contribution in [2.24, 2.45) is 0 Å². The second-order valence-corrected chi connectivity index (χ2v) is 8.65. The van der Waals surface area contributed by atoms with Crippen molar-refractivity contribution >= 4 is 57.5 Å². The minimum atomic E-state index is -0.114. The van der Waals surface area contributed by atoms with Crippen LogP contribution in [0.25, 0.3) is 6.08 Å². The summed E-state index contributed by atoms with van der Waals surface area (Å²) in [6, 6.07) is 13.8. The van der Waals surface area contributed by atoms with E-state index in [1.807, 2.05) is 60.8 Å². The van der Waals surface area contributed by atoms with Gasteiger partial charge in [-0.15, -0.1) is 11.3 Å². The number of carbonyl (C=O) groups is 2. The third-order valence-corrected chi connectivity index (χ3v) is 6.39. The van der Waals surface area contributed by atoms with Crippen LogP contribution in [-0.2, 0) is 16.1 Å². The van der Waals surface area contributed by atoms with Gasteiger partial charge in [-0.25, -0.2) is 0 Å². The third kappa shape index (κ3) is 5.06. The Kier molecular flexibility index (Phi) is 6.82. The first-order valence-electron chi connectivity index (χ1n) is 8.69. The summed E-state index contributed by atoms with van der Waals surface area (Å²) in [7, 11) is 0. The summed E-state index contributed by atoms with van der Waals surface area (Å²) < 4.78 is 0.515. The average Bonchev–Trinajstić information content (AvgIpc) is 3.27. The largest absolute Gasteiger partial charge is 0.339 e. The highest BCUT2D eigenvalue weighted by Gasteiger charge is 2.32. The van der Waals surface area contributed by atoms with Gasteiger partial charge in [0.2, 0.25) is 5.91 Å². The third-order valence-electron chi connectivity index (χ3n) is 4.19. The highest BCUT2D eigenvalue weighted by Crippen LogP contribution is 2.33. The molecular weight excluding hydrogens is 396 g/mol. The molecule has 1 aromatic heterocycles. The Labute approximate surface area is 172 Å². The zero-order chi connectivity index (χ0) is 19.2. The van der Waals surface area contributed by atoms with Crippen LogP contribution in [0.15, 0.2) is 52.7 Å². The Morgan fingerprint density at radius 2 is 2.00 bits per heavy atom. The van der Waals surface area contributed by atoms with Crippen molar-refractivity contribution in [3.63, 3.8) is 0 Å². The molecule has 0 aliphatic carbocycles. The zero-order valence-corrected chi connectivity index (χ0v) is 17.4. The van der Waals surface area contributed by atoms with Crippen molar-refractivity contribution < 1.29 is 9.59 Å². The summed E-state index contributed by atoms with van der Waals surface area (Å²) in [5.74, 6) is -0.0880. The minimum Gasteiger partial charge on any atom is -0.339 e. The quantitative estimate of drug-likeness (QED) is 0.496. The molecule has 0 bridgehead atoms. The molecule has 0 N–H and O–H groups in total. The number of carbonyl (C=O) groups excluding carboxylic acids is 2. The molecule has 7 heteroatoms. The molecule has 140 valence electrons. The molecule has 1 aliphatic rings. The fraction of sp³-hybridized carbons (Fsp3) is 0.250. The number of rotatable bonds is 7. The molecule has 1 aromatic carbocycles. The van der Waals surface area contributed by atoms with Crippen molar-refractivity contribution in [2.75, 3.05) is 13.1 Å². The number of thiophene rings is 1. The van der Waals surface area contributed by atoms with Gasteiger partial charge in [0.05, 0.1) is 4.91 Å². The molecule has 0 spiro atoms. The summed E-state index contributed by atoms with van der Waals surface area (Å²) in [4.78, 5) is 30.2. The maximum absolute atomic E-state index is 12.6. The van der Waals surface area contributed by atoms with Gasteiger partial charge in [-0.1, -0.05) is 60.4 Å². The summed E-state index contributed by atoms with van der Waals surface area (Å²) in [5, 5.41) is 1.97. The van der Waals surface area contributed by atoms with E-state index in [1.54, 1.807) is 16.2 Å². The van der Waals surface area contributed by atoms with Crippen LogP contribution < -0.4 is 0 Å². The van der Waals surface area contributed by atoms with Crippen LogP contribution in [-0.4, -0.2) is 39.0 Å². The van der Waals surface area contributed by atoms with Crippen molar-refractivity contribution in [1.29, 1.82) is 0 Å². The maximum Gasteiger partial charge on any atom is 0.266 e. The fourth-order valence-corrected chi connectivity index (χ4v) is 4.77. The molecule has 4 nitrogen and oxygen atoms in total. The van der Waals surface area contributed by atoms with Crippen LogP contribution >= 0.6 is 35.3 Å². The lowest BCUT2D eigenvalue weighted by Crippen LogP contribution is -2.35. The molecule has 1 saturated heterocycles. The molecule has 1 aliphatic heterocycles. The standard InChI is InChI=1S/C20H20N2O2S3/c1-2-21(14-15-7-4-3-5-8-15)18(23)10-11-22-19(24)17(27-20(22)25)13-16-9-6-12-26-16/h3-9,12-13H,2,10-11,14H2,1H3/b17-13-. The first-order chi connectivity index (χ1) is 13.1. The first-order valence-corrected chi connectivity index (χ1v) is 10.8. The van der Waals surface area contributed by atoms with Gasteiger partial charge in [0.25, 0.3) is 5.91 Å². The smallest absolute Gasteiger partial charge is 0.266 e. The highest BCUT2D eigenvalue weighted by atomic mass is 32.2. The van der Waals surface area contributed by atoms with Crippen molar-refractivity contribution in [1.82, 2.24) is 9.80 Å². The molecule has 2 amide bonds. The van der Waals surface area contributed by atoms with Gasteiger partial charge in [-0.05, 0) is 30.0 Å². The van der Waals surface area contributed by atoms with Gasteiger partial charge in [-0.3, -0.25) is 14.5 Å². The predicted molar refractivity (Wildman–Crippen MR) is 116 cm³/mol. The molecule has 2 aromatic rings. The van der Waals surface area contributed by atoms with Crippen LogP contribution in [0.5, 0.6) is 0 Å². The summed E-state index contributed by atoms with van der Waals surface area (Å²) >= 11 is 8.22. The molecule has 27 heavy (non-hydrogen) atoms. The monoisotopic (exact) mass is 416 g/mol. The fourth-order valence-electron chi connectivity index (χ4n) is 2.74. The van der Waals surface area contributed by atoms with Crippen LogP contribution in [0.4, 0.5) is 0 Å². The molecule has 0 saturated carbocycles. The van der Waals surface area contributed by atoms with E-state index in [0.29, 0.717) is 28.9 Å². The van der Waals surface area contributed by atoms with Gasteiger partial charge in [-0.2, -0.15) is 0 Å². The van der Waals surface area contributed by atoms with E-state index in [1.165, 1.54) is 16.7 Å². The van der Waals surface area contributed by atoms with E-state index in [-0.39, 0.29) is 18.2 Å². The van der Waals surface area contributed by atoms with Crippen LogP contribution in [0.3, 0.4) is 0 Å². The Bertz CT molecular complexity index is 847. The zero-order valence-electron chi connectivity index (χ0n) is 15.0. The van der Waals surface area contributed by atoms with Crippen LogP contribution in [0, 0.1) is 0 Å². The maximum atomic E-state index is 12.6. The number of thioether (sulfide) groups is 1. The predicted octanol–water partition coefficient (Wildman–Crippen LogP) is 4.39. The van der Waals surface area contributed by atoms with Gasteiger partial charge >= 0.3 is 0 Å². The van der Waals surface area contributed by atoms with E-state index in [4.69, 9.17) is 12.2 Å². The Morgan fingerprint density at radius 3 is 2.67 bits per heavy atom. The number of thiocarbonyl (C=S) groups is 1. The molecule has 0 atom stereocenters. The van der Waals surface area contributed by atoms with E-state index in [9.17, 15) is 9.59 Å². The normalized spacial score (nSPS) is 15.6. The summed E-state index contributed by atoms with van der Waals surface area (Å²) in [6.07, 6.45) is 2.12. The van der Waals surface area contributed by atoms with Gasteiger partial charge in [0, 0.05) is 30.9 Å². The lowest BCUT2D eigenvalue weighted by Gasteiger charge is -2.22. The SMILES string of the molecule is CCN(Cc1ccccc1)C(=O)CCN1C(=O)/C(=C/c2cccs2)SC1=S. The number of nitrogens with zero attached hydrogens (tertiary/aromatic N) is 2. The van der Waals surface area contributed by atoms with Gasteiger partial charge in [0.1, 0.15) is 4.32 Å². The Morgan fingerprint density at radius 1 is 1.22 bits per heavy atom. The van der Waals surface area contributed by atoms with Crippen molar-refractivity contribution in [3.8, 4) is 0 Å². The number of hydrogen-bond acceptors (Lipinski definition) is 5. The Hall–Kier alpha value is -1.96. The van der Waals surface area contributed by atoms with Crippen molar-refractivity contribution in [2.45, 2.75) is 19.9 Å². The number of hydrogen-bond donors (Lipinski definition) is 0. The number of amides is 2. The lowest BCUT2D eigenvalue weighted by atomic mass is 10.2. The number of benzene rings is 1. The molecule has 0 unspecified atom stereocenters. The van der Waals surface area contributed by atoms with Crippen molar-refractivity contribution in [3.05, 3.63) is 63.2 Å². The van der Waals surface area contributed by atoms with E-state index in [0.717, 1.165) is 10.4 Å². The molecular formula is C20H20N2O2S3. The van der Waals surface area contributed by atoms with E-state index in [2.05, 4.69) is 0 Å². The van der Waals surface area contributed by atoms with Crippen LogP contribution in [0.2, 0.25) is 0 Å². The summed E-state index contributed by atoms with van der Waals surface area (Å²) in [6.45, 7) is 3.48. The second kappa shape index (κ2) is 9.30. The average molecular weight is 417 g/mol. The lowest BCUT2D eigenvalue weighted by molar-refractivity contribution is -0.132. The molecule has 3 rings (SSSR count). The van der Waals surface area contributed by atoms with Crippen LogP contribution in [0.1, 0.15) is 23.8 Å². The molecule has 1 fully saturated rings. The van der Waals surface area contributed by atoms with E-state index < -0.39 is 0 Å². The Balaban J connectivity index is 1.59. The molecule has 2 heterocycles. The minimum absolute atomic E-state index is 0.0256. The highest BCUT2D eigenvalue weighted by molar-refractivity contribution is 8.26. The second-order valence-electron chi connectivity index (χ2n) is 5.99. The van der Waals surface area contributed by atoms with Gasteiger partial charge in [0.15, 0.2) is 0 Å². The molecule has 0 radical (unpaired) electrons.